The van der Waals surface area contributed by atoms with Crippen molar-refractivity contribution in [1.29, 1.82) is 0 Å². The predicted molar refractivity (Wildman–Crippen MR) is 89.5 cm³/mol. The van der Waals surface area contributed by atoms with Gasteiger partial charge in [-0.25, -0.2) is 0 Å². The van der Waals surface area contributed by atoms with E-state index in [0.29, 0.717) is 31.4 Å². The van der Waals surface area contributed by atoms with E-state index >= 15 is 0 Å². The lowest BCUT2D eigenvalue weighted by Crippen LogP contribution is -2.30. The molecule has 7 heteroatoms. The van der Waals surface area contributed by atoms with Gasteiger partial charge < -0.3 is 19.0 Å². The number of hydrogen-bond donors (Lipinski definition) is 1. The number of carbonyl (C=O) groups is 1. The number of aromatic nitrogens is 3. The van der Waals surface area contributed by atoms with E-state index in [0.717, 1.165) is 16.5 Å². The van der Waals surface area contributed by atoms with E-state index in [-0.39, 0.29) is 12.5 Å². The highest BCUT2D eigenvalue weighted by Gasteiger charge is 2.16. The number of fused-ring (bicyclic) bond motifs is 1. The average Bonchev–Trinajstić information content (AvgIpc) is 3.20. The van der Waals surface area contributed by atoms with Gasteiger partial charge in [-0.2, -0.15) is 0 Å². The highest BCUT2D eigenvalue weighted by molar-refractivity contribution is 5.94. The van der Waals surface area contributed by atoms with Crippen molar-refractivity contribution in [2.24, 2.45) is 0 Å². The molecule has 1 aromatic carbocycles. The highest BCUT2D eigenvalue weighted by Crippen LogP contribution is 2.29. The summed E-state index contributed by atoms with van der Waals surface area (Å²) in [5, 5.41) is 11.9. The van der Waals surface area contributed by atoms with Crippen LogP contribution in [-0.4, -0.2) is 40.9 Å². The Morgan fingerprint density at radius 1 is 1.33 bits per heavy atom. The summed E-state index contributed by atoms with van der Waals surface area (Å²) in [7, 11) is 1.60. The first kappa shape index (κ1) is 16.2. The number of rotatable bonds is 7. The number of nitrogens with zero attached hydrogens (tertiary/aromatic N) is 3. The van der Waals surface area contributed by atoms with Crippen LogP contribution in [-0.2, 0) is 22.5 Å². The predicted octanol–water partition coefficient (Wildman–Crippen LogP) is 2.02. The lowest BCUT2D eigenvalue weighted by molar-refractivity contribution is -0.121. The van der Waals surface area contributed by atoms with Crippen molar-refractivity contribution >= 4 is 16.8 Å². The minimum absolute atomic E-state index is 0.0703. The van der Waals surface area contributed by atoms with E-state index in [1.807, 2.05) is 42.0 Å². The van der Waals surface area contributed by atoms with E-state index in [1.165, 1.54) is 0 Å². The molecule has 0 saturated carbocycles. The Labute approximate surface area is 139 Å². The summed E-state index contributed by atoms with van der Waals surface area (Å²) in [6.45, 7) is 3.17. The smallest absolute Gasteiger partial charge is 0.249 e. The summed E-state index contributed by atoms with van der Waals surface area (Å²) in [4.78, 5) is 12.1. The molecule has 7 nitrogen and oxygen atoms in total. The molecule has 3 aromatic rings. The van der Waals surface area contributed by atoms with Crippen LogP contribution in [0.25, 0.3) is 22.4 Å². The number of carbonyl (C=O) groups excluding carboxylic acids is 1. The van der Waals surface area contributed by atoms with Gasteiger partial charge in [0.05, 0.1) is 12.2 Å². The molecule has 0 spiro atoms. The van der Waals surface area contributed by atoms with Crippen molar-refractivity contribution in [1.82, 2.24) is 20.1 Å². The molecule has 3 rings (SSSR count). The van der Waals surface area contributed by atoms with E-state index in [2.05, 4.69) is 15.5 Å². The van der Waals surface area contributed by atoms with Gasteiger partial charge in [-0.05, 0) is 6.07 Å². The number of benzene rings is 1. The van der Waals surface area contributed by atoms with E-state index in [1.54, 1.807) is 7.11 Å². The first-order valence-corrected chi connectivity index (χ1v) is 7.89. The quantitative estimate of drug-likeness (QED) is 0.671. The maximum Gasteiger partial charge on any atom is 0.249 e. The third-order valence-corrected chi connectivity index (χ3v) is 3.73. The molecule has 0 saturated heterocycles. The maximum absolute atomic E-state index is 12.1. The molecule has 1 N–H and O–H groups in total. The molecule has 2 heterocycles. The SMILES string of the molecule is CCc1nnc(-c2cn(CC(=O)NCCOC)c3ccccc23)o1. The van der Waals surface area contributed by atoms with Crippen molar-refractivity contribution in [3.05, 3.63) is 36.4 Å². The summed E-state index contributed by atoms with van der Waals surface area (Å²) in [5.74, 6) is 1.000. The molecule has 0 fully saturated rings. The van der Waals surface area contributed by atoms with Crippen LogP contribution in [0.5, 0.6) is 0 Å². The molecule has 126 valence electrons. The van der Waals surface area contributed by atoms with Crippen LogP contribution >= 0.6 is 0 Å². The van der Waals surface area contributed by atoms with Gasteiger partial charge in [0.15, 0.2) is 0 Å². The highest BCUT2D eigenvalue weighted by atomic mass is 16.5. The average molecular weight is 328 g/mol. The molecule has 0 radical (unpaired) electrons. The molecule has 0 atom stereocenters. The second kappa shape index (κ2) is 7.27. The number of aryl methyl sites for hydroxylation is 1. The van der Waals surface area contributed by atoms with E-state index in [4.69, 9.17) is 9.15 Å². The number of amides is 1. The van der Waals surface area contributed by atoms with Crippen LogP contribution in [0, 0.1) is 0 Å². The molecule has 0 unspecified atom stereocenters. The Balaban J connectivity index is 1.90. The maximum atomic E-state index is 12.1. The Morgan fingerprint density at radius 2 is 2.17 bits per heavy atom. The van der Waals surface area contributed by atoms with Crippen molar-refractivity contribution in [2.45, 2.75) is 19.9 Å². The molecule has 2 aromatic heterocycles. The summed E-state index contributed by atoms with van der Waals surface area (Å²) >= 11 is 0. The van der Waals surface area contributed by atoms with Gasteiger partial charge in [-0.15, -0.1) is 10.2 Å². The summed E-state index contributed by atoms with van der Waals surface area (Å²) in [6.07, 6.45) is 2.57. The van der Waals surface area contributed by atoms with Crippen LogP contribution in [0.3, 0.4) is 0 Å². The number of para-hydroxylation sites is 1. The lowest BCUT2D eigenvalue weighted by atomic mass is 10.2. The van der Waals surface area contributed by atoms with Gasteiger partial charge in [0, 0.05) is 37.2 Å². The van der Waals surface area contributed by atoms with E-state index < -0.39 is 0 Å². The number of ether oxygens (including phenoxy) is 1. The first-order valence-electron chi connectivity index (χ1n) is 7.89. The Morgan fingerprint density at radius 3 is 2.92 bits per heavy atom. The van der Waals surface area contributed by atoms with Gasteiger partial charge >= 0.3 is 0 Å². The summed E-state index contributed by atoms with van der Waals surface area (Å²) in [5.41, 5.74) is 1.79. The standard InChI is InChI=1S/C17H20N4O3/c1-3-16-19-20-17(24-16)13-10-21(11-15(22)18-8-9-23-2)14-7-5-4-6-12(13)14/h4-7,10H,3,8-9,11H2,1-2H3,(H,18,22). The second-order valence-corrected chi connectivity index (χ2v) is 5.39. The van der Waals surface area contributed by atoms with Crippen molar-refractivity contribution in [3.63, 3.8) is 0 Å². The molecule has 1 amide bonds. The Bertz CT molecular complexity index is 837. The molecule has 0 aliphatic rings. The fourth-order valence-corrected chi connectivity index (χ4v) is 2.56. The molecular weight excluding hydrogens is 308 g/mol. The second-order valence-electron chi connectivity index (χ2n) is 5.39. The fourth-order valence-electron chi connectivity index (χ4n) is 2.56. The molecule has 0 aliphatic heterocycles. The van der Waals surface area contributed by atoms with Gasteiger partial charge in [0.2, 0.25) is 17.7 Å². The summed E-state index contributed by atoms with van der Waals surface area (Å²) in [6, 6.07) is 7.85. The fraction of sp³-hybridized carbons (Fsp3) is 0.353. The summed E-state index contributed by atoms with van der Waals surface area (Å²) < 4.78 is 12.5. The Kier molecular flexibility index (Phi) is 4.90. The lowest BCUT2D eigenvalue weighted by Gasteiger charge is -2.06. The third kappa shape index (κ3) is 3.30. The minimum atomic E-state index is -0.0703. The first-order chi connectivity index (χ1) is 11.7. The third-order valence-electron chi connectivity index (χ3n) is 3.73. The number of methoxy groups -OCH3 is 1. The monoisotopic (exact) mass is 328 g/mol. The number of hydrogen-bond acceptors (Lipinski definition) is 5. The van der Waals surface area contributed by atoms with Gasteiger partial charge in [0.1, 0.15) is 6.54 Å². The number of nitrogens with one attached hydrogen (secondary N) is 1. The van der Waals surface area contributed by atoms with E-state index in [9.17, 15) is 4.79 Å². The largest absolute Gasteiger partial charge is 0.421 e. The van der Waals surface area contributed by atoms with Gasteiger partial charge in [-0.3, -0.25) is 4.79 Å². The van der Waals surface area contributed by atoms with Crippen molar-refractivity contribution < 1.29 is 13.9 Å². The molecule has 24 heavy (non-hydrogen) atoms. The van der Waals surface area contributed by atoms with Crippen LogP contribution in [0.1, 0.15) is 12.8 Å². The molecular formula is C17H20N4O3. The zero-order valence-electron chi connectivity index (χ0n) is 13.8. The van der Waals surface area contributed by atoms with Crippen LogP contribution in [0.2, 0.25) is 0 Å². The zero-order valence-corrected chi connectivity index (χ0v) is 13.8. The van der Waals surface area contributed by atoms with Gasteiger partial charge in [-0.1, -0.05) is 25.1 Å². The van der Waals surface area contributed by atoms with Crippen LogP contribution in [0.15, 0.2) is 34.9 Å². The van der Waals surface area contributed by atoms with Crippen molar-refractivity contribution in [2.75, 3.05) is 20.3 Å². The van der Waals surface area contributed by atoms with Crippen LogP contribution < -0.4 is 5.32 Å². The topological polar surface area (TPSA) is 82.2 Å². The normalized spacial score (nSPS) is 11.1. The van der Waals surface area contributed by atoms with Crippen LogP contribution in [0.4, 0.5) is 0 Å². The Hall–Kier alpha value is -2.67. The minimum Gasteiger partial charge on any atom is -0.421 e. The van der Waals surface area contributed by atoms with Crippen molar-refractivity contribution in [3.8, 4) is 11.5 Å². The van der Waals surface area contributed by atoms with Gasteiger partial charge in [0.25, 0.3) is 0 Å². The molecule has 0 aliphatic carbocycles. The zero-order chi connectivity index (χ0) is 16.9. The molecule has 0 bridgehead atoms.